The molecule has 0 bridgehead atoms. The van der Waals surface area contributed by atoms with Crippen molar-refractivity contribution in [1.29, 1.82) is 0 Å². The Labute approximate surface area is 146 Å². The van der Waals surface area contributed by atoms with Gasteiger partial charge in [-0.2, -0.15) is 0 Å². The summed E-state index contributed by atoms with van der Waals surface area (Å²) in [4.78, 5) is 28.0. The molecule has 2 aromatic carbocycles. The number of carbonyl (C=O) groups excluding carboxylic acids is 2. The van der Waals surface area contributed by atoms with Gasteiger partial charge in [0, 0.05) is 20.9 Å². The molecule has 3 rings (SSSR count). The van der Waals surface area contributed by atoms with Crippen molar-refractivity contribution in [2.45, 2.75) is 6.92 Å². The molecule has 3 aromatic rings. The van der Waals surface area contributed by atoms with Gasteiger partial charge < -0.3 is 15.5 Å². The van der Waals surface area contributed by atoms with Gasteiger partial charge in [0.1, 0.15) is 5.69 Å². The van der Waals surface area contributed by atoms with Gasteiger partial charge in [0.2, 0.25) is 5.78 Å². The second-order valence-corrected chi connectivity index (χ2v) is 6.03. The first kappa shape index (κ1) is 16.3. The number of hydrogen-bond acceptors (Lipinski definition) is 4. The number of aromatic amines is 1. The monoisotopic (exact) mass is 386 g/mol. The topological polar surface area (TPSA) is 85.2 Å². The number of esters is 1. The van der Waals surface area contributed by atoms with Gasteiger partial charge in [0.25, 0.3) is 0 Å². The third-order valence-electron chi connectivity index (χ3n) is 3.70. The number of carbonyl (C=O) groups is 2. The van der Waals surface area contributed by atoms with Crippen LogP contribution >= 0.6 is 15.9 Å². The van der Waals surface area contributed by atoms with Crippen molar-refractivity contribution in [3.63, 3.8) is 0 Å². The molecule has 0 saturated heterocycles. The standard InChI is InChI=1S/C18H15BrN2O3/c1-2-24-18(23)13-11(19)8-9-12-14(13)15(20)16(21-12)17(22)10-6-4-3-5-7-10/h3-9,21H,2,20H2,1H3. The lowest BCUT2D eigenvalue weighted by Crippen LogP contribution is -2.07. The zero-order chi connectivity index (χ0) is 17.3. The molecule has 1 heterocycles. The molecule has 0 atom stereocenters. The molecule has 0 amide bonds. The summed E-state index contributed by atoms with van der Waals surface area (Å²) in [6.07, 6.45) is 0. The van der Waals surface area contributed by atoms with E-state index in [-0.39, 0.29) is 23.8 Å². The van der Waals surface area contributed by atoms with Crippen LogP contribution in [-0.4, -0.2) is 23.3 Å². The first-order valence-corrected chi connectivity index (χ1v) is 8.20. The van der Waals surface area contributed by atoms with Gasteiger partial charge >= 0.3 is 5.97 Å². The Morgan fingerprint density at radius 2 is 1.88 bits per heavy atom. The molecular weight excluding hydrogens is 372 g/mol. The highest BCUT2D eigenvalue weighted by molar-refractivity contribution is 9.10. The van der Waals surface area contributed by atoms with Crippen LogP contribution in [0.5, 0.6) is 0 Å². The average Bonchev–Trinajstić information content (AvgIpc) is 2.92. The molecule has 0 aliphatic heterocycles. The molecule has 1 aromatic heterocycles. The van der Waals surface area contributed by atoms with Crippen LogP contribution in [0.25, 0.3) is 10.9 Å². The number of nitrogen functional groups attached to an aromatic ring is 1. The third-order valence-corrected chi connectivity index (χ3v) is 4.36. The van der Waals surface area contributed by atoms with Gasteiger partial charge in [0.15, 0.2) is 0 Å². The normalized spacial score (nSPS) is 10.8. The highest BCUT2D eigenvalue weighted by Crippen LogP contribution is 2.34. The molecule has 0 radical (unpaired) electrons. The van der Waals surface area contributed by atoms with E-state index in [1.54, 1.807) is 43.3 Å². The van der Waals surface area contributed by atoms with Gasteiger partial charge in [-0.05, 0) is 35.0 Å². The first-order chi connectivity index (χ1) is 11.5. The molecule has 0 unspecified atom stereocenters. The van der Waals surface area contributed by atoms with Crippen LogP contribution < -0.4 is 5.73 Å². The number of nitrogens with one attached hydrogen (secondary N) is 1. The Bertz CT molecular complexity index is 932. The largest absolute Gasteiger partial charge is 0.462 e. The number of H-pyrrole nitrogens is 1. The van der Waals surface area contributed by atoms with Crippen molar-refractivity contribution in [2.75, 3.05) is 12.3 Å². The summed E-state index contributed by atoms with van der Waals surface area (Å²) in [6.45, 7) is 1.98. The molecular formula is C18H15BrN2O3. The van der Waals surface area contributed by atoms with Crippen molar-refractivity contribution >= 4 is 44.3 Å². The summed E-state index contributed by atoms with van der Waals surface area (Å²) in [5.41, 5.74) is 8.15. The minimum atomic E-state index is -0.487. The van der Waals surface area contributed by atoms with Gasteiger partial charge in [0.05, 0.1) is 17.9 Å². The molecule has 24 heavy (non-hydrogen) atoms. The lowest BCUT2D eigenvalue weighted by Gasteiger charge is -2.06. The van der Waals surface area contributed by atoms with Crippen molar-refractivity contribution in [3.05, 3.63) is 63.8 Å². The van der Waals surface area contributed by atoms with Crippen LogP contribution in [0.2, 0.25) is 0 Å². The van der Waals surface area contributed by atoms with E-state index >= 15 is 0 Å². The minimum absolute atomic E-state index is 0.227. The summed E-state index contributed by atoms with van der Waals surface area (Å²) >= 11 is 3.36. The summed E-state index contributed by atoms with van der Waals surface area (Å²) in [7, 11) is 0. The second kappa shape index (κ2) is 6.49. The van der Waals surface area contributed by atoms with E-state index in [9.17, 15) is 9.59 Å². The average molecular weight is 387 g/mol. The molecule has 3 N–H and O–H groups in total. The van der Waals surface area contributed by atoms with E-state index < -0.39 is 5.97 Å². The Balaban J connectivity index is 2.20. The Kier molecular flexibility index (Phi) is 4.40. The molecule has 0 aliphatic rings. The van der Waals surface area contributed by atoms with E-state index in [0.29, 0.717) is 26.5 Å². The van der Waals surface area contributed by atoms with Crippen LogP contribution in [0.1, 0.15) is 33.3 Å². The number of nitrogens with two attached hydrogens (primary N) is 1. The number of ether oxygens (including phenoxy) is 1. The molecule has 5 nitrogen and oxygen atoms in total. The van der Waals surface area contributed by atoms with Crippen molar-refractivity contribution in [2.24, 2.45) is 0 Å². The molecule has 0 fully saturated rings. The number of aromatic nitrogens is 1. The number of hydrogen-bond donors (Lipinski definition) is 2. The zero-order valence-corrected chi connectivity index (χ0v) is 14.5. The fraction of sp³-hybridized carbons (Fsp3) is 0.111. The van der Waals surface area contributed by atoms with Gasteiger partial charge in [-0.25, -0.2) is 4.79 Å². The van der Waals surface area contributed by atoms with Gasteiger partial charge in [-0.1, -0.05) is 30.3 Å². The summed E-state index contributed by atoms with van der Waals surface area (Å²) < 4.78 is 5.67. The van der Waals surface area contributed by atoms with Crippen LogP contribution in [0.15, 0.2) is 46.9 Å². The number of halogens is 1. The fourth-order valence-corrected chi connectivity index (χ4v) is 3.10. The molecule has 0 saturated carbocycles. The molecule has 6 heteroatoms. The molecule has 122 valence electrons. The summed E-state index contributed by atoms with van der Waals surface area (Å²) in [5.74, 6) is -0.713. The SMILES string of the molecule is CCOC(=O)c1c(Br)ccc2[nH]c(C(=O)c3ccccc3)c(N)c12. The second-order valence-electron chi connectivity index (χ2n) is 5.17. The van der Waals surface area contributed by atoms with Crippen LogP contribution in [0.4, 0.5) is 5.69 Å². The summed E-state index contributed by atoms with van der Waals surface area (Å²) in [5, 5.41) is 0.488. The predicted octanol–water partition coefficient (Wildman–Crippen LogP) is 3.92. The van der Waals surface area contributed by atoms with Crippen LogP contribution in [-0.2, 0) is 4.74 Å². The highest BCUT2D eigenvalue weighted by Gasteiger charge is 2.23. The van der Waals surface area contributed by atoms with Crippen LogP contribution in [0.3, 0.4) is 0 Å². The zero-order valence-electron chi connectivity index (χ0n) is 12.9. The van der Waals surface area contributed by atoms with Crippen molar-refractivity contribution in [3.8, 4) is 0 Å². The van der Waals surface area contributed by atoms with E-state index in [1.165, 1.54) is 0 Å². The number of fused-ring (bicyclic) bond motifs is 1. The number of rotatable bonds is 4. The maximum Gasteiger partial charge on any atom is 0.340 e. The van der Waals surface area contributed by atoms with Crippen LogP contribution in [0, 0.1) is 0 Å². The number of ketones is 1. The van der Waals surface area contributed by atoms with E-state index in [0.717, 1.165) is 0 Å². The maximum absolute atomic E-state index is 12.7. The van der Waals surface area contributed by atoms with E-state index in [2.05, 4.69) is 20.9 Å². The molecule has 0 spiro atoms. The Morgan fingerprint density at radius 3 is 2.54 bits per heavy atom. The smallest absolute Gasteiger partial charge is 0.340 e. The first-order valence-electron chi connectivity index (χ1n) is 7.41. The number of anilines is 1. The minimum Gasteiger partial charge on any atom is -0.462 e. The fourth-order valence-electron chi connectivity index (χ4n) is 2.60. The summed E-state index contributed by atoms with van der Waals surface area (Å²) in [6, 6.07) is 12.3. The lowest BCUT2D eigenvalue weighted by molar-refractivity contribution is 0.0527. The van der Waals surface area contributed by atoms with E-state index in [1.807, 2.05) is 6.07 Å². The maximum atomic E-state index is 12.7. The Morgan fingerprint density at radius 1 is 1.17 bits per heavy atom. The van der Waals surface area contributed by atoms with Gasteiger partial charge in [-0.15, -0.1) is 0 Å². The highest BCUT2D eigenvalue weighted by atomic mass is 79.9. The van der Waals surface area contributed by atoms with E-state index in [4.69, 9.17) is 10.5 Å². The Hall–Kier alpha value is -2.60. The number of benzene rings is 2. The third kappa shape index (κ3) is 2.69. The quantitative estimate of drug-likeness (QED) is 0.525. The molecule has 0 aliphatic carbocycles. The van der Waals surface area contributed by atoms with Gasteiger partial charge in [-0.3, -0.25) is 4.79 Å². The van der Waals surface area contributed by atoms with Crippen molar-refractivity contribution < 1.29 is 14.3 Å². The lowest BCUT2D eigenvalue weighted by atomic mass is 10.1. The van der Waals surface area contributed by atoms with Crippen molar-refractivity contribution in [1.82, 2.24) is 4.98 Å². The predicted molar refractivity (Wildman–Crippen MR) is 96.2 cm³/mol.